The molecule has 2 unspecified atom stereocenters. The van der Waals surface area contributed by atoms with Crippen LogP contribution in [0.2, 0.25) is 0 Å². The highest BCUT2D eigenvalue weighted by Crippen LogP contribution is 2.34. The number of rotatable bonds is 4. The van der Waals surface area contributed by atoms with Crippen LogP contribution in [-0.4, -0.2) is 59.6 Å². The van der Waals surface area contributed by atoms with Crippen LogP contribution in [0.25, 0.3) is 0 Å². The van der Waals surface area contributed by atoms with Crippen LogP contribution in [0.15, 0.2) is 36.7 Å². The summed E-state index contributed by atoms with van der Waals surface area (Å²) in [6, 6.07) is 7.28. The maximum atomic E-state index is 13.3. The van der Waals surface area contributed by atoms with Crippen molar-refractivity contribution in [3.05, 3.63) is 42.5 Å². The van der Waals surface area contributed by atoms with Crippen molar-refractivity contribution in [2.24, 2.45) is 13.0 Å². The van der Waals surface area contributed by atoms with Gasteiger partial charge in [-0.15, -0.1) is 0 Å². The summed E-state index contributed by atoms with van der Waals surface area (Å²) in [5.74, 6) is 1.09. The fraction of sp³-hybridized carbons (Fsp3) is 0.450. The van der Waals surface area contributed by atoms with Gasteiger partial charge < -0.3 is 24.4 Å². The number of hydrogen-bond donors (Lipinski definition) is 1. The number of benzene rings is 1. The van der Waals surface area contributed by atoms with Crippen LogP contribution in [0.1, 0.15) is 18.3 Å². The van der Waals surface area contributed by atoms with E-state index in [9.17, 15) is 9.59 Å². The number of carbonyl (C=O) groups is 2. The van der Waals surface area contributed by atoms with Gasteiger partial charge in [0.15, 0.2) is 0 Å². The number of nitrogens with one attached hydrogen (secondary N) is 1. The second-order valence-corrected chi connectivity index (χ2v) is 7.23. The van der Waals surface area contributed by atoms with Gasteiger partial charge in [0.1, 0.15) is 17.6 Å². The molecule has 2 aliphatic rings. The number of ether oxygens (including phenoxy) is 1. The lowest BCUT2D eigenvalue weighted by molar-refractivity contribution is -0.139. The molecule has 0 aliphatic carbocycles. The first-order valence-corrected chi connectivity index (χ1v) is 9.52. The number of aromatic nitrogens is 2. The van der Waals surface area contributed by atoms with Gasteiger partial charge in [0, 0.05) is 52.0 Å². The molecule has 3 heterocycles. The predicted octanol–water partition coefficient (Wildman–Crippen LogP) is 0.955. The number of piperazine rings is 1. The molecule has 4 rings (SSSR count). The van der Waals surface area contributed by atoms with Crippen molar-refractivity contribution in [1.82, 2.24) is 19.8 Å². The molecule has 2 fully saturated rings. The summed E-state index contributed by atoms with van der Waals surface area (Å²) in [7, 11) is 3.52. The van der Waals surface area contributed by atoms with E-state index < -0.39 is 0 Å². The van der Waals surface area contributed by atoms with Crippen LogP contribution in [0.5, 0.6) is 5.75 Å². The molecular formula is C20H25N5O3. The van der Waals surface area contributed by atoms with Gasteiger partial charge in [-0.25, -0.2) is 4.98 Å². The maximum absolute atomic E-state index is 13.3. The Morgan fingerprint density at radius 2 is 2.14 bits per heavy atom. The van der Waals surface area contributed by atoms with E-state index in [2.05, 4.69) is 10.3 Å². The molecule has 148 valence electrons. The normalized spacial score (nSPS) is 22.6. The molecule has 0 saturated carbocycles. The zero-order valence-corrected chi connectivity index (χ0v) is 16.2. The summed E-state index contributed by atoms with van der Waals surface area (Å²) < 4.78 is 7.33. The summed E-state index contributed by atoms with van der Waals surface area (Å²) in [5, 5.41) is 3.34. The molecule has 1 aromatic heterocycles. The molecule has 1 N–H and O–H groups in total. The number of methoxy groups -OCH3 is 1. The molecule has 0 bridgehead atoms. The number of anilines is 1. The van der Waals surface area contributed by atoms with Gasteiger partial charge in [-0.1, -0.05) is 12.1 Å². The first-order valence-electron chi connectivity index (χ1n) is 9.52. The van der Waals surface area contributed by atoms with E-state index in [0.717, 1.165) is 12.4 Å². The molecule has 28 heavy (non-hydrogen) atoms. The number of hydrogen-bond acceptors (Lipinski definition) is 5. The van der Waals surface area contributed by atoms with Crippen molar-refractivity contribution < 1.29 is 14.3 Å². The molecule has 2 saturated heterocycles. The molecule has 0 radical (unpaired) electrons. The van der Waals surface area contributed by atoms with Crippen molar-refractivity contribution in [3.8, 4) is 5.75 Å². The fourth-order valence-corrected chi connectivity index (χ4v) is 4.09. The average molecular weight is 383 g/mol. The third-order valence-electron chi connectivity index (χ3n) is 5.53. The van der Waals surface area contributed by atoms with E-state index >= 15 is 0 Å². The standard InChI is InChI=1S/C20H25N5O3/c1-23-9-8-22-19(23)16-12-21-7-10-24(16)20(27)14-11-18(26)25(13-14)15-5-3-4-6-17(15)28-2/h3-6,8-9,14,16,21H,7,10-13H2,1-2H3. The molecule has 2 aliphatic heterocycles. The van der Waals surface area contributed by atoms with Gasteiger partial charge in [-0.2, -0.15) is 0 Å². The Hall–Kier alpha value is -2.87. The monoisotopic (exact) mass is 383 g/mol. The van der Waals surface area contributed by atoms with E-state index in [4.69, 9.17) is 4.74 Å². The molecule has 8 heteroatoms. The van der Waals surface area contributed by atoms with Crippen LogP contribution in [0.4, 0.5) is 5.69 Å². The quantitative estimate of drug-likeness (QED) is 0.851. The van der Waals surface area contributed by atoms with Crippen LogP contribution in [0.3, 0.4) is 0 Å². The molecule has 8 nitrogen and oxygen atoms in total. The average Bonchev–Trinajstić information content (AvgIpc) is 3.33. The van der Waals surface area contributed by atoms with Gasteiger partial charge in [0.25, 0.3) is 0 Å². The highest BCUT2D eigenvalue weighted by atomic mass is 16.5. The lowest BCUT2D eigenvalue weighted by Crippen LogP contribution is -2.51. The second kappa shape index (κ2) is 7.63. The first-order chi connectivity index (χ1) is 13.6. The van der Waals surface area contributed by atoms with Gasteiger partial charge in [0.2, 0.25) is 11.8 Å². The van der Waals surface area contributed by atoms with E-state index in [-0.39, 0.29) is 30.2 Å². The molecule has 2 amide bonds. The van der Waals surface area contributed by atoms with Crippen LogP contribution in [-0.2, 0) is 16.6 Å². The molecule has 0 spiro atoms. The Labute approximate surface area is 164 Å². The highest BCUT2D eigenvalue weighted by molar-refractivity contribution is 6.01. The topological polar surface area (TPSA) is 79.7 Å². The van der Waals surface area contributed by atoms with Crippen molar-refractivity contribution in [2.75, 3.05) is 38.2 Å². The minimum absolute atomic E-state index is 0.0141. The van der Waals surface area contributed by atoms with Crippen LogP contribution < -0.4 is 15.0 Å². The minimum Gasteiger partial charge on any atom is -0.495 e. The van der Waals surface area contributed by atoms with Crippen molar-refractivity contribution in [3.63, 3.8) is 0 Å². The number of carbonyl (C=O) groups excluding carboxylic acids is 2. The Balaban J connectivity index is 1.55. The Morgan fingerprint density at radius 1 is 1.32 bits per heavy atom. The number of aryl methyl sites for hydroxylation is 1. The van der Waals surface area contributed by atoms with Crippen LogP contribution in [0, 0.1) is 5.92 Å². The largest absolute Gasteiger partial charge is 0.495 e. The van der Waals surface area contributed by atoms with Crippen molar-refractivity contribution in [2.45, 2.75) is 12.5 Å². The summed E-state index contributed by atoms with van der Waals surface area (Å²) >= 11 is 0. The maximum Gasteiger partial charge on any atom is 0.228 e. The molecule has 2 atom stereocenters. The lowest BCUT2D eigenvalue weighted by Gasteiger charge is -2.37. The predicted molar refractivity (Wildman–Crippen MR) is 104 cm³/mol. The van der Waals surface area contributed by atoms with Gasteiger partial charge in [0.05, 0.1) is 18.7 Å². The van der Waals surface area contributed by atoms with Crippen molar-refractivity contribution >= 4 is 17.5 Å². The third-order valence-corrected chi connectivity index (χ3v) is 5.53. The summed E-state index contributed by atoms with van der Waals surface area (Å²) in [5.41, 5.74) is 0.714. The molecule has 2 aromatic rings. The summed E-state index contributed by atoms with van der Waals surface area (Å²) in [4.78, 5) is 34.0. The molecular weight excluding hydrogens is 358 g/mol. The Bertz CT molecular complexity index is 880. The smallest absolute Gasteiger partial charge is 0.228 e. The zero-order chi connectivity index (χ0) is 19.7. The highest BCUT2D eigenvalue weighted by Gasteiger charge is 2.41. The molecule has 1 aromatic carbocycles. The second-order valence-electron chi connectivity index (χ2n) is 7.23. The Morgan fingerprint density at radius 3 is 2.89 bits per heavy atom. The fourth-order valence-electron chi connectivity index (χ4n) is 4.09. The van der Waals surface area contributed by atoms with Gasteiger partial charge >= 0.3 is 0 Å². The number of imidazole rings is 1. The van der Waals surface area contributed by atoms with Crippen LogP contribution >= 0.6 is 0 Å². The van der Waals surface area contributed by atoms with Gasteiger partial charge in [-0.3, -0.25) is 9.59 Å². The van der Waals surface area contributed by atoms with E-state index in [1.54, 1.807) is 18.2 Å². The van der Waals surface area contributed by atoms with Gasteiger partial charge in [-0.05, 0) is 12.1 Å². The van der Waals surface area contributed by atoms with E-state index in [1.165, 1.54) is 0 Å². The number of nitrogens with zero attached hydrogens (tertiary/aromatic N) is 4. The zero-order valence-electron chi connectivity index (χ0n) is 16.2. The SMILES string of the molecule is COc1ccccc1N1CC(C(=O)N2CCNCC2c2nccn2C)CC1=O. The minimum atomic E-state index is -0.363. The summed E-state index contributed by atoms with van der Waals surface area (Å²) in [6.07, 6.45) is 3.85. The van der Waals surface area contributed by atoms with Crippen molar-refractivity contribution in [1.29, 1.82) is 0 Å². The summed E-state index contributed by atoms with van der Waals surface area (Å²) in [6.45, 7) is 2.38. The first kappa shape index (κ1) is 18.5. The van der Waals surface area contributed by atoms with E-state index in [1.807, 2.05) is 47.0 Å². The third kappa shape index (κ3) is 3.24. The number of para-hydroxylation sites is 2. The number of amides is 2. The van der Waals surface area contributed by atoms with E-state index in [0.29, 0.717) is 31.1 Å². The lowest BCUT2D eigenvalue weighted by atomic mass is 10.0. The Kier molecular flexibility index (Phi) is 5.04.